The van der Waals surface area contributed by atoms with Crippen molar-refractivity contribution in [2.75, 3.05) is 0 Å². The molecular formula is C61H38F6N4S. The van der Waals surface area contributed by atoms with E-state index in [1.165, 1.54) is 12.1 Å². The lowest BCUT2D eigenvalue weighted by molar-refractivity contribution is -0.138. The highest BCUT2D eigenvalue weighted by atomic mass is 32.1. The average Bonchev–Trinajstić information content (AvgIpc) is 3.93. The minimum atomic E-state index is -4.64. The van der Waals surface area contributed by atoms with E-state index in [2.05, 4.69) is 30.3 Å². The smallest absolute Gasteiger partial charge is 0.308 e. The summed E-state index contributed by atoms with van der Waals surface area (Å²) < 4.78 is 90.7. The summed E-state index contributed by atoms with van der Waals surface area (Å²) in [4.78, 5) is 15.5. The lowest BCUT2D eigenvalue weighted by Crippen LogP contribution is -2.07. The van der Waals surface area contributed by atoms with Crippen LogP contribution in [0.3, 0.4) is 0 Å². The van der Waals surface area contributed by atoms with Crippen LogP contribution in [0.5, 0.6) is 0 Å². The second kappa shape index (κ2) is 17.2. The van der Waals surface area contributed by atoms with Gasteiger partial charge >= 0.3 is 12.4 Å². The van der Waals surface area contributed by atoms with E-state index in [9.17, 15) is 26.3 Å². The maximum absolute atomic E-state index is 14.9. The standard InChI is InChI=1S/C61H38F6N4S/c1-35-20-25-44(51(30-35)61(65,66)67)41-22-27-47-46-26-21-40(43-28-24-42(31-36(43)2)60(62,63)64)33-53(46)71(54(47)34-41)52-29-23-39(45-17-11-18-49-48-16-9-10-19-55(48)72-56(45)49)32-50(52)59-69-57(37-12-5-3-6-13-37)68-58(70-59)38-14-7-4-8-15-38/h3-34H,1-2H3. The number of aryl methyl sites for hydroxylation is 2. The number of benzene rings is 9. The lowest BCUT2D eigenvalue weighted by atomic mass is 9.96. The van der Waals surface area contributed by atoms with Gasteiger partial charge in [-0.05, 0) is 101 Å². The summed E-state index contributed by atoms with van der Waals surface area (Å²) in [6.07, 6.45) is -9.16. The molecule has 12 aromatic rings. The molecular weight excluding hydrogens is 935 g/mol. The molecule has 12 rings (SSSR count). The third kappa shape index (κ3) is 7.86. The molecule has 3 heterocycles. The Morgan fingerprint density at radius 1 is 0.403 bits per heavy atom. The molecule has 0 fully saturated rings. The summed E-state index contributed by atoms with van der Waals surface area (Å²) in [5.74, 6) is 1.22. The second-order valence-electron chi connectivity index (χ2n) is 17.9. The molecule has 9 aromatic carbocycles. The highest BCUT2D eigenvalue weighted by Gasteiger charge is 2.34. The fraction of sp³-hybridized carbons (Fsp3) is 0.0656. The Morgan fingerprint density at radius 2 is 0.972 bits per heavy atom. The molecule has 0 aliphatic rings. The van der Waals surface area contributed by atoms with E-state index in [0.29, 0.717) is 67.6 Å². The van der Waals surface area contributed by atoms with Gasteiger partial charge in [0, 0.05) is 47.6 Å². The molecule has 0 N–H and O–H groups in total. The predicted molar refractivity (Wildman–Crippen MR) is 279 cm³/mol. The van der Waals surface area contributed by atoms with Crippen LogP contribution in [0.15, 0.2) is 194 Å². The van der Waals surface area contributed by atoms with Gasteiger partial charge in [0.15, 0.2) is 17.5 Å². The summed E-state index contributed by atoms with van der Waals surface area (Å²) in [5.41, 5.74) is 6.93. The fourth-order valence-corrected chi connectivity index (χ4v) is 11.1. The van der Waals surface area contributed by atoms with Crippen molar-refractivity contribution in [2.24, 2.45) is 0 Å². The minimum absolute atomic E-state index is 0.0253. The molecule has 3 aromatic heterocycles. The van der Waals surface area contributed by atoms with E-state index in [0.717, 1.165) is 71.4 Å². The van der Waals surface area contributed by atoms with Crippen LogP contribution in [-0.2, 0) is 12.4 Å². The normalized spacial score (nSPS) is 12.2. The van der Waals surface area contributed by atoms with Gasteiger partial charge in [0.1, 0.15) is 0 Å². The molecule has 0 bridgehead atoms. The summed E-state index contributed by atoms with van der Waals surface area (Å²) in [6, 6.07) is 59.1. The van der Waals surface area contributed by atoms with Gasteiger partial charge in [-0.2, -0.15) is 26.3 Å². The Kier molecular flexibility index (Phi) is 10.7. The number of halogens is 6. The van der Waals surface area contributed by atoms with Gasteiger partial charge in [0.25, 0.3) is 0 Å². The zero-order valence-electron chi connectivity index (χ0n) is 38.4. The van der Waals surface area contributed by atoms with Crippen molar-refractivity contribution < 1.29 is 26.3 Å². The lowest BCUT2D eigenvalue weighted by Gasteiger charge is -2.18. The van der Waals surface area contributed by atoms with Crippen molar-refractivity contribution in [1.29, 1.82) is 0 Å². The van der Waals surface area contributed by atoms with Gasteiger partial charge in [-0.1, -0.05) is 151 Å². The van der Waals surface area contributed by atoms with E-state index in [1.54, 1.807) is 43.4 Å². The molecule has 350 valence electrons. The van der Waals surface area contributed by atoms with Gasteiger partial charge in [-0.3, -0.25) is 0 Å². The average molecular weight is 973 g/mol. The van der Waals surface area contributed by atoms with E-state index >= 15 is 0 Å². The predicted octanol–water partition coefficient (Wildman–Crippen LogP) is 18.0. The van der Waals surface area contributed by atoms with Gasteiger partial charge in [0.2, 0.25) is 0 Å². The summed E-state index contributed by atoms with van der Waals surface area (Å²) in [6.45, 7) is 3.29. The molecule has 11 heteroatoms. The highest BCUT2D eigenvalue weighted by Crippen LogP contribution is 2.46. The van der Waals surface area contributed by atoms with Crippen LogP contribution >= 0.6 is 11.3 Å². The molecule has 0 spiro atoms. The molecule has 0 saturated carbocycles. The van der Waals surface area contributed by atoms with E-state index in [-0.39, 0.29) is 5.56 Å². The van der Waals surface area contributed by atoms with Gasteiger partial charge in [-0.15, -0.1) is 11.3 Å². The molecule has 0 saturated heterocycles. The zero-order valence-corrected chi connectivity index (χ0v) is 39.3. The number of alkyl halides is 6. The Bertz CT molecular complexity index is 4040. The third-order valence-electron chi connectivity index (χ3n) is 13.3. The zero-order chi connectivity index (χ0) is 49.5. The van der Waals surface area contributed by atoms with Gasteiger partial charge in [-0.25, -0.2) is 15.0 Å². The van der Waals surface area contributed by atoms with Gasteiger partial charge < -0.3 is 4.57 Å². The molecule has 0 amide bonds. The van der Waals surface area contributed by atoms with Crippen LogP contribution < -0.4 is 0 Å². The van der Waals surface area contributed by atoms with Crippen molar-refractivity contribution >= 4 is 53.3 Å². The van der Waals surface area contributed by atoms with Crippen LogP contribution in [0.25, 0.3) is 115 Å². The highest BCUT2D eigenvalue weighted by molar-refractivity contribution is 7.26. The molecule has 0 atom stereocenters. The van der Waals surface area contributed by atoms with Crippen LogP contribution in [0.4, 0.5) is 26.3 Å². The Morgan fingerprint density at radius 3 is 1.61 bits per heavy atom. The number of aromatic nitrogens is 4. The van der Waals surface area contributed by atoms with Crippen molar-refractivity contribution in [3.05, 3.63) is 216 Å². The Hall–Kier alpha value is -8.41. The van der Waals surface area contributed by atoms with Crippen molar-refractivity contribution in [3.8, 4) is 73.2 Å². The minimum Gasteiger partial charge on any atom is -0.308 e. The number of thiophene rings is 1. The van der Waals surface area contributed by atoms with Crippen LogP contribution in [-0.4, -0.2) is 19.5 Å². The molecule has 0 radical (unpaired) electrons. The molecule has 72 heavy (non-hydrogen) atoms. The number of hydrogen-bond donors (Lipinski definition) is 0. The topological polar surface area (TPSA) is 43.6 Å². The molecule has 4 nitrogen and oxygen atoms in total. The second-order valence-corrected chi connectivity index (χ2v) is 19.0. The summed E-state index contributed by atoms with van der Waals surface area (Å²) in [7, 11) is 0. The first-order valence-electron chi connectivity index (χ1n) is 23.1. The first-order chi connectivity index (χ1) is 34.8. The van der Waals surface area contributed by atoms with Crippen molar-refractivity contribution in [3.63, 3.8) is 0 Å². The number of rotatable bonds is 7. The van der Waals surface area contributed by atoms with Crippen molar-refractivity contribution in [2.45, 2.75) is 26.2 Å². The number of nitrogens with zero attached hydrogens (tertiary/aromatic N) is 4. The van der Waals surface area contributed by atoms with Gasteiger partial charge in [0.05, 0.1) is 27.8 Å². The largest absolute Gasteiger partial charge is 0.417 e. The van der Waals surface area contributed by atoms with Crippen LogP contribution in [0.1, 0.15) is 22.3 Å². The Balaban J connectivity index is 1.19. The van der Waals surface area contributed by atoms with E-state index < -0.39 is 23.5 Å². The summed E-state index contributed by atoms with van der Waals surface area (Å²) in [5, 5.41) is 3.80. The SMILES string of the molecule is Cc1ccc(-c2ccc3c4ccc(-c5ccc(C(F)(F)F)cc5C)cc4n(-c4ccc(-c5cccc6c5sc5ccccc56)cc4-c4nc(-c5ccccc5)nc(-c5ccccc5)n4)c3c2)c(C(F)(F)F)c1. The van der Waals surface area contributed by atoms with Crippen LogP contribution in [0.2, 0.25) is 0 Å². The summed E-state index contributed by atoms with van der Waals surface area (Å²) >= 11 is 1.71. The molecule has 0 aliphatic heterocycles. The maximum atomic E-state index is 14.9. The third-order valence-corrected chi connectivity index (χ3v) is 14.5. The monoisotopic (exact) mass is 972 g/mol. The van der Waals surface area contributed by atoms with E-state index in [4.69, 9.17) is 15.0 Å². The molecule has 0 unspecified atom stereocenters. The first-order valence-corrected chi connectivity index (χ1v) is 24.0. The van der Waals surface area contributed by atoms with Crippen LogP contribution in [0, 0.1) is 13.8 Å². The van der Waals surface area contributed by atoms with E-state index in [1.807, 2.05) is 120 Å². The Labute approximate surface area is 413 Å². The fourth-order valence-electron chi connectivity index (χ4n) is 9.90. The quantitative estimate of drug-likeness (QED) is 0.150. The number of fused-ring (bicyclic) bond motifs is 6. The first kappa shape index (κ1) is 44.8. The molecule has 0 aliphatic carbocycles. The maximum Gasteiger partial charge on any atom is 0.417 e. The van der Waals surface area contributed by atoms with Crippen molar-refractivity contribution in [1.82, 2.24) is 19.5 Å². The number of hydrogen-bond acceptors (Lipinski definition) is 4.